The van der Waals surface area contributed by atoms with Gasteiger partial charge >= 0.3 is 0 Å². The third-order valence-electron chi connectivity index (χ3n) is 3.55. The fourth-order valence-corrected chi connectivity index (χ4v) is 2.84. The van der Waals surface area contributed by atoms with Gasteiger partial charge in [-0.3, -0.25) is 4.79 Å². The van der Waals surface area contributed by atoms with Gasteiger partial charge in [0.15, 0.2) is 0 Å². The van der Waals surface area contributed by atoms with Crippen LogP contribution in [0.5, 0.6) is 0 Å². The van der Waals surface area contributed by atoms with Gasteiger partial charge in [-0.25, -0.2) is 4.68 Å². The molecule has 0 saturated carbocycles. The highest BCUT2D eigenvalue weighted by Gasteiger charge is 2.13. The molecule has 1 unspecified atom stereocenters. The summed E-state index contributed by atoms with van der Waals surface area (Å²) in [4.78, 5) is 11.9. The van der Waals surface area contributed by atoms with Crippen molar-refractivity contribution in [3.05, 3.63) is 21.0 Å². The molecular weight excluding hydrogens is 308 g/mol. The van der Waals surface area contributed by atoms with Crippen molar-refractivity contribution in [2.24, 2.45) is 5.92 Å². The average molecular weight is 329 g/mol. The van der Waals surface area contributed by atoms with Gasteiger partial charge in [0.1, 0.15) is 4.47 Å². The summed E-state index contributed by atoms with van der Waals surface area (Å²) in [5.74, 6) is 0.740. The highest BCUT2D eigenvalue weighted by molar-refractivity contribution is 9.10. The summed E-state index contributed by atoms with van der Waals surface area (Å²) >= 11 is 3.35. The van der Waals surface area contributed by atoms with Gasteiger partial charge in [-0.15, -0.1) is 0 Å². The first-order valence-electron chi connectivity index (χ1n) is 6.92. The Bertz CT molecular complexity index is 468. The smallest absolute Gasteiger partial charge is 0.283 e. The first-order chi connectivity index (χ1) is 9.22. The minimum absolute atomic E-state index is 0.0770. The Morgan fingerprint density at radius 2 is 2.47 bits per heavy atom. The Morgan fingerprint density at radius 1 is 1.63 bits per heavy atom. The maximum absolute atomic E-state index is 11.9. The summed E-state index contributed by atoms with van der Waals surface area (Å²) in [6.07, 6.45) is 5.40. The molecule has 106 valence electrons. The van der Waals surface area contributed by atoms with Crippen LogP contribution in [-0.2, 0) is 6.54 Å². The van der Waals surface area contributed by atoms with E-state index in [1.165, 1.54) is 17.5 Å². The van der Waals surface area contributed by atoms with E-state index in [1.54, 1.807) is 6.20 Å². The van der Waals surface area contributed by atoms with Gasteiger partial charge in [-0.2, -0.15) is 5.10 Å². The third kappa shape index (κ3) is 3.79. The number of rotatable bonds is 5. The molecule has 5 nitrogen and oxygen atoms in total. The summed E-state index contributed by atoms with van der Waals surface area (Å²) in [5, 5.41) is 10.8. The van der Waals surface area contributed by atoms with Crippen molar-refractivity contribution in [1.82, 2.24) is 15.1 Å². The number of anilines is 1. The summed E-state index contributed by atoms with van der Waals surface area (Å²) in [7, 11) is 0. The predicted octanol–water partition coefficient (Wildman–Crippen LogP) is 1.83. The van der Waals surface area contributed by atoms with Crippen molar-refractivity contribution in [3.63, 3.8) is 0 Å². The second-order valence-electron chi connectivity index (χ2n) is 4.92. The zero-order valence-electron chi connectivity index (χ0n) is 11.3. The zero-order valence-corrected chi connectivity index (χ0v) is 12.9. The SMILES string of the molecule is CCn1ncc(NCCC2CCCNC2)c(Br)c1=O. The van der Waals surface area contributed by atoms with E-state index in [2.05, 4.69) is 31.7 Å². The summed E-state index contributed by atoms with van der Waals surface area (Å²) in [6.45, 7) is 5.63. The number of nitrogens with one attached hydrogen (secondary N) is 2. The maximum atomic E-state index is 11.9. The Labute approximate surface area is 121 Å². The van der Waals surface area contributed by atoms with Gasteiger partial charge in [0.25, 0.3) is 5.56 Å². The number of piperidine rings is 1. The molecule has 0 radical (unpaired) electrons. The van der Waals surface area contributed by atoms with E-state index in [4.69, 9.17) is 0 Å². The molecule has 6 heteroatoms. The van der Waals surface area contributed by atoms with Gasteiger partial charge in [0, 0.05) is 13.1 Å². The van der Waals surface area contributed by atoms with E-state index >= 15 is 0 Å². The second kappa shape index (κ2) is 7.05. The Kier molecular flexibility index (Phi) is 5.39. The zero-order chi connectivity index (χ0) is 13.7. The summed E-state index contributed by atoms with van der Waals surface area (Å²) in [6, 6.07) is 0. The molecule has 1 aromatic rings. The van der Waals surface area contributed by atoms with Crippen LogP contribution in [-0.4, -0.2) is 29.4 Å². The average Bonchev–Trinajstić information content (AvgIpc) is 2.45. The monoisotopic (exact) mass is 328 g/mol. The molecule has 0 bridgehead atoms. The van der Waals surface area contributed by atoms with Crippen LogP contribution >= 0.6 is 15.9 Å². The quantitative estimate of drug-likeness (QED) is 0.865. The van der Waals surface area contributed by atoms with Crippen LogP contribution in [0.1, 0.15) is 26.2 Å². The molecule has 1 aliphatic heterocycles. The first kappa shape index (κ1) is 14.5. The number of aromatic nitrogens is 2. The Hall–Kier alpha value is -0.880. The van der Waals surface area contributed by atoms with Gasteiger partial charge in [0.05, 0.1) is 11.9 Å². The van der Waals surface area contributed by atoms with E-state index in [0.717, 1.165) is 37.7 Å². The number of aryl methyl sites for hydroxylation is 1. The van der Waals surface area contributed by atoms with Crippen LogP contribution in [0.3, 0.4) is 0 Å². The molecule has 1 aliphatic rings. The fraction of sp³-hybridized carbons (Fsp3) is 0.692. The van der Waals surface area contributed by atoms with Gasteiger partial charge < -0.3 is 10.6 Å². The lowest BCUT2D eigenvalue weighted by Gasteiger charge is -2.22. The van der Waals surface area contributed by atoms with Crippen LogP contribution in [0.15, 0.2) is 15.5 Å². The number of hydrogen-bond acceptors (Lipinski definition) is 4. The van der Waals surface area contributed by atoms with Gasteiger partial charge in [-0.1, -0.05) is 0 Å². The highest BCUT2D eigenvalue weighted by atomic mass is 79.9. The standard InChI is InChI=1S/C13H21BrN4O/c1-2-18-13(19)12(14)11(9-17-18)16-7-5-10-4-3-6-15-8-10/h9-10,15-16H,2-8H2,1H3. The molecule has 0 aliphatic carbocycles. The second-order valence-corrected chi connectivity index (χ2v) is 5.71. The molecule has 2 heterocycles. The van der Waals surface area contributed by atoms with Gasteiger partial charge in [0.2, 0.25) is 0 Å². The first-order valence-corrected chi connectivity index (χ1v) is 7.72. The number of halogens is 1. The van der Waals surface area contributed by atoms with E-state index in [1.807, 2.05) is 6.92 Å². The number of hydrogen-bond donors (Lipinski definition) is 2. The lowest BCUT2D eigenvalue weighted by Crippen LogP contribution is -2.31. The van der Waals surface area contributed by atoms with E-state index in [9.17, 15) is 4.79 Å². The van der Waals surface area contributed by atoms with E-state index < -0.39 is 0 Å². The summed E-state index contributed by atoms with van der Waals surface area (Å²) < 4.78 is 2.02. The lowest BCUT2D eigenvalue weighted by atomic mass is 9.96. The number of nitrogens with zero attached hydrogens (tertiary/aromatic N) is 2. The van der Waals surface area contributed by atoms with Crippen LogP contribution in [0.25, 0.3) is 0 Å². The fourth-order valence-electron chi connectivity index (χ4n) is 2.39. The van der Waals surface area contributed by atoms with Crippen LogP contribution in [0.4, 0.5) is 5.69 Å². The van der Waals surface area contributed by atoms with Gasteiger partial charge in [-0.05, 0) is 61.1 Å². The van der Waals surface area contributed by atoms with E-state index in [-0.39, 0.29) is 5.56 Å². The molecule has 0 spiro atoms. The minimum Gasteiger partial charge on any atom is -0.383 e. The third-order valence-corrected chi connectivity index (χ3v) is 4.32. The maximum Gasteiger partial charge on any atom is 0.283 e. The molecule has 1 fully saturated rings. The molecule has 1 saturated heterocycles. The van der Waals surface area contributed by atoms with Crippen LogP contribution in [0, 0.1) is 5.92 Å². The van der Waals surface area contributed by atoms with Crippen LogP contribution in [0.2, 0.25) is 0 Å². The van der Waals surface area contributed by atoms with Crippen molar-refractivity contribution in [3.8, 4) is 0 Å². The van der Waals surface area contributed by atoms with Crippen molar-refractivity contribution in [2.45, 2.75) is 32.7 Å². The highest BCUT2D eigenvalue weighted by Crippen LogP contribution is 2.18. The lowest BCUT2D eigenvalue weighted by molar-refractivity contribution is 0.364. The normalized spacial score (nSPS) is 19.4. The van der Waals surface area contributed by atoms with E-state index in [0.29, 0.717) is 11.0 Å². The Balaban J connectivity index is 1.89. The summed E-state index contributed by atoms with van der Waals surface area (Å²) in [5.41, 5.74) is 0.713. The molecule has 19 heavy (non-hydrogen) atoms. The minimum atomic E-state index is -0.0770. The molecular formula is C13H21BrN4O. The van der Waals surface area contributed by atoms with Crippen LogP contribution < -0.4 is 16.2 Å². The molecule has 1 atom stereocenters. The predicted molar refractivity (Wildman–Crippen MR) is 80.6 cm³/mol. The van der Waals surface area contributed by atoms with Crippen molar-refractivity contribution in [2.75, 3.05) is 25.0 Å². The Morgan fingerprint density at radius 3 is 3.16 bits per heavy atom. The molecule has 0 amide bonds. The van der Waals surface area contributed by atoms with Crippen molar-refractivity contribution >= 4 is 21.6 Å². The topological polar surface area (TPSA) is 59.0 Å². The van der Waals surface area contributed by atoms with Crippen molar-refractivity contribution < 1.29 is 0 Å². The molecule has 2 rings (SSSR count). The molecule has 1 aromatic heterocycles. The molecule has 2 N–H and O–H groups in total. The molecule has 0 aromatic carbocycles. The largest absolute Gasteiger partial charge is 0.383 e. The van der Waals surface area contributed by atoms with Crippen molar-refractivity contribution in [1.29, 1.82) is 0 Å².